The zero-order valence-corrected chi connectivity index (χ0v) is 34.8. The van der Waals surface area contributed by atoms with Crippen molar-refractivity contribution in [2.75, 3.05) is 33.5 Å². The van der Waals surface area contributed by atoms with Gasteiger partial charge in [-0.3, -0.25) is 24.1 Å². The van der Waals surface area contributed by atoms with Crippen LogP contribution in [0.2, 0.25) is 0 Å². The molecule has 12 heteroatoms. The van der Waals surface area contributed by atoms with Gasteiger partial charge in [0.2, 0.25) is 5.91 Å². The fourth-order valence-electron chi connectivity index (χ4n) is 6.93. The van der Waals surface area contributed by atoms with Crippen molar-refractivity contribution in [2.45, 2.75) is 110 Å². The maximum Gasteiger partial charge on any atom is 0.306 e. The molecular formula is C42H67N5O6S. The van der Waals surface area contributed by atoms with Crippen molar-refractivity contribution in [3.63, 3.8) is 0 Å². The number of carboxylic acid groups (broad SMARTS) is 1. The number of carbonyl (C=O) groups is 4. The molecule has 2 amide bonds. The van der Waals surface area contributed by atoms with E-state index in [1.54, 1.807) is 36.4 Å². The molecule has 1 saturated heterocycles. The van der Waals surface area contributed by atoms with Crippen LogP contribution in [0.5, 0.6) is 0 Å². The van der Waals surface area contributed by atoms with E-state index in [0.29, 0.717) is 23.5 Å². The summed E-state index contributed by atoms with van der Waals surface area (Å²) in [6, 6.07) is 6.54. The summed E-state index contributed by atoms with van der Waals surface area (Å²) in [6.45, 7) is 22.8. The number of rotatable bonds is 19. The van der Waals surface area contributed by atoms with Crippen molar-refractivity contribution in [1.82, 2.24) is 20.1 Å². The highest BCUT2D eigenvalue weighted by atomic mass is 32.1. The Labute approximate surface area is 328 Å². The van der Waals surface area contributed by atoms with E-state index in [0.717, 1.165) is 37.8 Å². The Balaban J connectivity index is 0.00000352. The average molecular weight is 770 g/mol. The lowest BCUT2D eigenvalue weighted by atomic mass is 9.83. The molecule has 0 radical (unpaired) electrons. The topological polar surface area (TPSA) is 155 Å². The third kappa shape index (κ3) is 14.4. The minimum atomic E-state index is -0.928. The summed E-state index contributed by atoms with van der Waals surface area (Å²) >= 11 is 1.32. The number of carboxylic acids is 1. The number of hydrogen-bond donors (Lipinski definition) is 3. The van der Waals surface area contributed by atoms with Crippen molar-refractivity contribution < 1.29 is 29.0 Å². The van der Waals surface area contributed by atoms with E-state index in [-0.39, 0.29) is 54.1 Å². The Morgan fingerprint density at radius 1 is 1.07 bits per heavy atom. The lowest BCUT2D eigenvalue weighted by Crippen LogP contribution is -2.48. The molecule has 1 aliphatic rings. The molecule has 1 aromatic heterocycles. The van der Waals surface area contributed by atoms with Crippen LogP contribution in [0.1, 0.15) is 107 Å². The number of likely N-dealkylation sites (tertiary alicyclic amines) is 1. The molecule has 2 heterocycles. The number of aromatic nitrogens is 1. The first kappa shape index (κ1) is 48.1. The predicted octanol–water partition coefficient (Wildman–Crippen LogP) is 7.45. The lowest BCUT2D eigenvalue weighted by molar-refractivity contribution is -0.143. The van der Waals surface area contributed by atoms with Crippen molar-refractivity contribution in [1.29, 1.82) is 0 Å². The van der Waals surface area contributed by atoms with Gasteiger partial charge in [-0.1, -0.05) is 59.6 Å². The smallest absolute Gasteiger partial charge is 0.306 e. The number of piperidine rings is 1. The SMILES string of the molecule is C=C.C=C.CC[C@H](C)[C@H](CC(=O)[C@H]1CCCCN1C)C(=O)N(C)[C@H](C[C@@H](OC)c1nc(C(=O)N[C@@H](Cc2ccc(N)cc2)C[C@H](C)C(=O)O)cs1)C(C)C. The molecule has 0 unspecified atom stereocenters. The molecular weight excluding hydrogens is 703 g/mol. The van der Waals surface area contributed by atoms with E-state index >= 15 is 0 Å². The molecule has 0 spiro atoms. The normalized spacial score (nSPS) is 17.6. The molecule has 11 nitrogen and oxygen atoms in total. The quantitative estimate of drug-likeness (QED) is 0.0977. The third-order valence-electron chi connectivity index (χ3n) is 10.5. The van der Waals surface area contributed by atoms with E-state index in [2.05, 4.69) is 69.2 Å². The number of Topliss-reactive ketones (excluding diaryl/α,β-unsaturated/α-hetero) is 1. The number of nitrogens with two attached hydrogens (primary N) is 1. The van der Waals surface area contributed by atoms with Crippen molar-refractivity contribution >= 4 is 40.6 Å². The molecule has 3 rings (SSSR count). The van der Waals surface area contributed by atoms with Gasteiger partial charge >= 0.3 is 5.97 Å². The van der Waals surface area contributed by atoms with Crippen LogP contribution in [0.25, 0.3) is 0 Å². The Bertz CT molecular complexity index is 1450. The summed E-state index contributed by atoms with van der Waals surface area (Å²) in [5.41, 5.74) is 7.61. The second-order valence-corrected chi connectivity index (χ2v) is 15.4. The van der Waals surface area contributed by atoms with Gasteiger partial charge in [0.15, 0.2) is 5.78 Å². The standard InChI is InChI=1S/C38H59N5O6S.2C2H4/c1-9-24(4)29(20-33(44)31-12-10-11-17-42(31)6)37(46)43(7)32(23(2)3)21-34(49-8)36-41-30(22-50-36)35(45)40-28(18-25(5)38(47)48)19-26-13-15-27(39)16-14-26;2*1-2/h13-16,22-25,28-29,31-32,34H,9-12,17-21,39H2,1-8H3,(H,40,45)(H,47,48);2*1-2H2/t24-,25-,28+,29-,31+,32+,34+;;/m0../s1. The number of hydrogen-bond acceptors (Lipinski definition) is 9. The number of likely N-dealkylation sites (N-methyl/N-ethyl adjacent to an activating group) is 1. The zero-order chi connectivity index (χ0) is 41.1. The van der Waals surface area contributed by atoms with Gasteiger partial charge < -0.3 is 25.8 Å². The average Bonchev–Trinajstić information content (AvgIpc) is 3.66. The Morgan fingerprint density at radius 3 is 2.24 bits per heavy atom. The van der Waals surface area contributed by atoms with E-state index < -0.39 is 35.9 Å². The highest BCUT2D eigenvalue weighted by Crippen LogP contribution is 2.32. The summed E-state index contributed by atoms with van der Waals surface area (Å²) in [5.74, 6) is -2.12. The maximum absolute atomic E-state index is 14.2. The first-order valence-electron chi connectivity index (χ1n) is 19.0. The highest BCUT2D eigenvalue weighted by Gasteiger charge is 2.37. The highest BCUT2D eigenvalue weighted by molar-refractivity contribution is 7.09. The van der Waals surface area contributed by atoms with Gasteiger partial charge in [-0.15, -0.1) is 37.7 Å². The van der Waals surface area contributed by atoms with Crippen LogP contribution in [0.3, 0.4) is 0 Å². The third-order valence-corrected chi connectivity index (χ3v) is 11.4. The number of thiazole rings is 1. The van der Waals surface area contributed by atoms with Crippen LogP contribution in [0.4, 0.5) is 5.69 Å². The van der Waals surface area contributed by atoms with Gasteiger partial charge in [-0.2, -0.15) is 0 Å². The van der Waals surface area contributed by atoms with E-state index in [1.165, 1.54) is 11.3 Å². The number of nitrogens with one attached hydrogen (secondary N) is 1. The summed E-state index contributed by atoms with van der Waals surface area (Å²) in [7, 11) is 5.43. The van der Waals surface area contributed by atoms with Crippen LogP contribution in [-0.4, -0.2) is 89.3 Å². The molecule has 2 aromatic rings. The molecule has 0 aliphatic carbocycles. The van der Waals surface area contributed by atoms with Crippen molar-refractivity contribution in [3.05, 3.63) is 72.2 Å². The number of methoxy groups -OCH3 is 1. The van der Waals surface area contributed by atoms with Crippen LogP contribution < -0.4 is 11.1 Å². The summed E-state index contributed by atoms with van der Waals surface area (Å²) in [6.07, 6.45) is 4.69. The van der Waals surface area contributed by atoms with Gasteiger partial charge in [-0.25, -0.2) is 4.98 Å². The fourth-order valence-corrected chi connectivity index (χ4v) is 7.82. The van der Waals surface area contributed by atoms with Gasteiger partial charge in [-0.05, 0) is 68.8 Å². The van der Waals surface area contributed by atoms with Gasteiger partial charge in [0, 0.05) is 56.1 Å². The predicted molar refractivity (Wildman–Crippen MR) is 220 cm³/mol. The van der Waals surface area contributed by atoms with E-state index in [9.17, 15) is 24.3 Å². The number of carbonyl (C=O) groups excluding carboxylic acids is 3. The van der Waals surface area contributed by atoms with E-state index in [1.807, 2.05) is 26.2 Å². The molecule has 54 heavy (non-hydrogen) atoms. The number of nitrogen functional groups attached to an aromatic ring is 1. The largest absolute Gasteiger partial charge is 0.481 e. The molecule has 4 N–H and O–H groups in total. The van der Waals surface area contributed by atoms with Crippen molar-refractivity contribution in [2.24, 2.45) is 23.7 Å². The number of amides is 2. The number of ether oxygens (including phenoxy) is 1. The molecule has 0 bridgehead atoms. The van der Waals surface area contributed by atoms with Gasteiger partial charge in [0.1, 0.15) is 16.8 Å². The Kier molecular flexibility index (Phi) is 21.9. The number of nitrogens with zero attached hydrogens (tertiary/aromatic N) is 3. The van der Waals surface area contributed by atoms with Gasteiger partial charge in [0.25, 0.3) is 5.91 Å². The minimum absolute atomic E-state index is 0.0262. The first-order valence-corrected chi connectivity index (χ1v) is 19.9. The number of benzene rings is 1. The Hall–Kier alpha value is -3.87. The number of aliphatic carboxylic acids is 1. The second-order valence-electron chi connectivity index (χ2n) is 14.5. The van der Waals surface area contributed by atoms with Gasteiger partial charge in [0.05, 0.1) is 12.0 Å². The number of ketones is 1. The molecule has 1 aromatic carbocycles. The van der Waals surface area contributed by atoms with Crippen molar-refractivity contribution in [3.8, 4) is 0 Å². The first-order chi connectivity index (χ1) is 25.7. The molecule has 302 valence electrons. The fraction of sp³-hybridized carbons (Fsp3) is 0.595. The molecule has 0 saturated carbocycles. The molecule has 1 aliphatic heterocycles. The molecule has 7 atom stereocenters. The summed E-state index contributed by atoms with van der Waals surface area (Å²) in [5, 5.41) is 14.8. The Morgan fingerprint density at radius 2 is 1.70 bits per heavy atom. The minimum Gasteiger partial charge on any atom is -0.481 e. The lowest BCUT2D eigenvalue weighted by Gasteiger charge is -2.37. The second kappa shape index (κ2) is 24.5. The number of anilines is 1. The summed E-state index contributed by atoms with van der Waals surface area (Å²) in [4.78, 5) is 61.3. The molecule has 1 fully saturated rings. The van der Waals surface area contributed by atoms with E-state index in [4.69, 9.17) is 10.5 Å². The maximum atomic E-state index is 14.2. The van der Waals surface area contributed by atoms with Crippen LogP contribution in [-0.2, 0) is 25.5 Å². The zero-order valence-electron chi connectivity index (χ0n) is 34.0. The summed E-state index contributed by atoms with van der Waals surface area (Å²) < 4.78 is 5.92. The monoisotopic (exact) mass is 769 g/mol. The van der Waals surface area contributed by atoms with Crippen LogP contribution in [0.15, 0.2) is 56.0 Å². The van der Waals surface area contributed by atoms with Crippen LogP contribution >= 0.6 is 11.3 Å². The van der Waals surface area contributed by atoms with Crippen LogP contribution in [0, 0.1) is 23.7 Å².